The van der Waals surface area contributed by atoms with Crippen LogP contribution in [0.5, 0.6) is 0 Å². The second kappa shape index (κ2) is 10.6. The van der Waals surface area contributed by atoms with Gasteiger partial charge < -0.3 is 20.2 Å². The molecule has 2 heterocycles. The molecule has 0 saturated heterocycles. The molecule has 1 unspecified atom stereocenters. The fourth-order valence-corrected chi connectivity index (χ4v) is 3.22. The molecule has 2 aromatic heterocycles. The van der Waals surface area contributed by atoms with Gasteiger partial charge in [-0.1, -0.05) is 26.0 Å². The second-order valence-electron chi connectivity index (χ2n) is 7.91. The van der Waals surface area contributed by atoms with Crippen molar-refractivity contribution < 1.29 is 19.1 Å². The lowest BCUT2D eigenvalue weighted by molar-refractivity contribution is -0.142. The Hall–Kier alpha value is -3.68. The van der Waals surface area contributed by atoms with Crippen LogP contribution in [0.25, 0.3) is 11.0 Å². The molecule has 168 valence electrons. The van der Waals surface area contributed by atoms with Crippen LogP contribution in [0.15, 0.2) is 57.9 Å². The van der Waals surface area contributed by atoms with E-state index in [2.05, 4.69) is 15.6 Å². The summed E-state index contributed by atoms with van der Waals surface area (Å²) in [5.41, 5.74) is 0.902. The number of hydrogen-bond donors (Lipinski definition) is 3. The van der Waals surface area contributed by atoms with E-state index in [0.717, 1.165) is 12.2 Å². The minimum absolute atomic E-state index is 0.0735. The van der Waals surface area contributed by atoms with Crippen LogP contribution < -0.4 is 16.1 Å². The van der Waals surface area contributed by atoms with Crippen molar-refractivity contribution in [2.45, 2.75) is 39.2 Å². The van der Waals surface area contributed by atoms with Gasteiger partial charge in [0.2, 0.25) is 5.91 Å². The van der Waals surface area contributed by atoms with Crippen LogP contribution in [0.1, 0.15) is 31.6 Å². The number of hydrogen-bond acceptors (Lipinski definition) is 6. The standard InChI is InChI=1S/C24H27N3O5/c1-15(2)23(29)27-19(24(30)31)13-16-8-9-21-18(12-16)20(28)14-17(32-21)6-5-11-26-22-7-3-4-10-25-22/h3-4,7-10,12,14-15,19H,5-6,11,13H2,1-2H3,(H,25,26)(H,27,29)(H,30,31). The first-order valence-electron chi connectivity index (χ1n) is 10.6. The Morgan fingerprint density at radius 1 is 1.16 bits per heavy atom. The molecule has 0 aliphatic carbocycles. The minimum Gasteiger partial charge on any atom is -0.480 e. The Kier molecular flexibility index (Phi) is 7.59. The molecule has 1 amide bonds. The molecule has 0 aliphatic heterocycles. The van der Waals surface area contributed by atoms with Crippen LogP contribution in [-0.2, 0) is 22.4 Å². The fourth-order valence-electron chi connectivity index (χ4n) is 3.22. The Morgan fingerprint density at radius 2 is 1.97 bits per heavy atom. The van der Waals surface area contributed by atoms with E-state index >= 15 is 0 Å². The number of carboxylic acid groups (broad SMARTS) is 1. The molecular formula is C24H27N3O5. The molecule has 0 aliphatic rings. The van der Waals surface area contributed by atoms with Gasteiger partial charge in [0, 0.05) is 37.6 Å². The number of aliphatic carboxylic acids is 1. The van der Waals surface area contributed by atoms with Crippen LogP contribution in [0.4, 0.5) is 5.82 Å². The highest BCUT2D eigenvalue weighted by molar-refractivity contribution is 5.85. The van der Waals surface area contributed by atoms with Crippen LogP contribution in [0.3, 0.4) is 0 Å². The number of anilines is 1. The number of carboxylic acids is 1. The third-order valence-corrected chi connectivity index (χ3v) is 4.99. The quantitative estimate of drug-likeness (QED) is 0.417. The van der Waals surface area contributed by atoms with Crippen molar-refractivity contribution in [1.82, 2.24) is 10.3 Å². The summed E-state index contributed by atoms with van der Waals surface area (Å²) in [6.45, 7) is 4.08. The number of aromatic nitrogens is 1. The first kappa shape index (κ1) is 23.0. The van der Waals surface area contributed by atoms with Crippen molar-refractivity contribution in [2.24, 2.45) is 5.92 Å². The summed E-state index contributed by atoms with van der Waals surface area (Å²) in [5, 5.41) is 15.6. The number of aryl methyl sites for hydroxylation is 1. The van der Waals surface area contributed by atoms with Crippen molar-refractivity contribution >= 4 is 28.7 Å². The number of pyridine rings is 1. The Morgan fingerprint density at radius 3 is 2.66 bits per heavy atom. The number of rotatable bonds is 10. The number of benzene rings is 1. The van der Waals surface area contributed by atoms with Gasteiger partial charge in [0.05, 0.1) is 5.39 Å². The zero-order valence-corrected chi connectivity index (χ0v) is 18.1. The van der Waals surface area contributed by atoms with Gasteiger partial charge in [-0.15, -0.1) is 0 Å². The predicted molar refractivity (Wildman–Crippen MR) is 122 cm³/mol. The molecule has 0 spiro atoms. The molecule has 1 atom stereocenters. The first-order chi connectivity index (χ1) is 15.3. The number of nitrogens with zero attached hydrogens (tertiary/aromatic N) is 1. The lowest BCUT2D eigenvalue weighted by Crippen LogP contribution is -2.44. The number of carbonyl (C=O) groups excluding carboxylic acids is 1. The average molecular weight is 437 g/mol. The van der Waals surface area contributed by atoms with Crippen molar-refractivity contribution in [1.29, 1.82) is 0 Å². The highest BCUT2D eigenvalue weighted by Gasteiger charge is 2.22. The molecule has 0 fully saturated rings. The van der Waals surface area contributed by atoms with Gasteiger partial charge in [0.25, 0.3) is 0 Å². The fraction of sp³-hybridized carbons (Fsp3) is 0.333. The van der Waals surface area contributed by atoms with Crippen LogP contribution in [-0.4, -0.2) is 34.6 Å². The Balaban J connectivity index is 1.67. The van der Waals surface area contributed by atoms with Crippen molar-refractivity contribution in [3.05, 3.63) is 70.2 Å². The Bertz CT molecular complexity index is 1140. The maximum absolute atomic E-state index is 12.6. The summed E-state index contributed by atoms with van der Waals surface area (Å²) >= 11 is 0. The van der Waals surface area contributed by atoms with E-state index in [1.807, 2.05) is 18.2 Å². The predicted octanol–water partition coefficient (Wildman–Crippen LogP) is 3.00. The average Bonchev–Trinajstić information content (AvgIpc) is 2.77. The molecule has 1 aromatic carbocycles. The number of amides is 1. The van der Waals surface area contributed by atoms with Gasteiger partial charge in [-0.05, 0) is 36.2 Å². The molecule has 3 N–H and O–H groups in total. The smallest absolute Gasteiger partial charge is 0.326 e. The van der Waals surface area contributed by atoms with Gasteiger partial charge in [-0.25, -0.2) is 9.78 Å². The SMILES string of the molecule is CC(C)C(=O)NC(Cc1ccc2oc(CCCNc3ccccn3)cc(=O)c2c1)C(=O)O. The highest BCUT2D eigenvalue weighted by Crippen LogP contribution is 2.17. The van der Waals surface area contributed by atoms with E-state index in [9.17, 15) is 19.5 Å². The highest BCUT2D eigenvalue weighted by atomic mass is 16.4. The molecule has 0 radical (unpaired) electrons. The molecular weight excluding hydrogens is 410 g/mol. The largest absolute Gasteiger partial charge is 0.480 e. The van der Waals surface area contributed by atoms with E-state index < -0.39 is 12.0 Å². The molecule has 8 heteroatoms. The van der Waals surface area contributed by atoms with Crippen molar-refractivity contribution in [3.63, 3.8) is 0 Å². The zero-order chi connectivity index (χ0) is 23.1. The van der Waals surface area contributed by atoms with Crippen LogP contribution in [0, 0.1) is 5.92 Å². The summed E-state index contributed by atoms with van der Waals surface area (Å²) in [6, 6.07) is 11.1. The van der Waals surface area contributed by atoms with E-state index in [-0.39, 0.29) is 23.7 Å². The van der Waals surface area contributed by atoms with Crippen LogP contribution in [0.2, 0.25) is 0 Å². The van der Waals surface area contributed by atoms with Crippen molar-refractivity contribution in [2.75, 3.05) is 11.9 Å². The monoisotopic (exact) mass is 437 g/mol. The molecule has 3 aromatic rings. The summed E-state index contributed by atoms with van der Waals surface area (Å²) in [7, 11) is 0. The van der Waals surface area contributed by atoms with Gasteiger partial charge in [-0.2, -0.15) is 0 Å². The molecule has 8 nitrogen and oxygen atoms in total. The second-order valence-corrected chi connectivity index (χ2v) is 7.91. The third-order valence-electron chi connectivity index (χ3n) is 4.99. The summed E-state index contributed by atoms with van der Waals surface area (Å²) in [4.78, 5) is 40.3. The zero-order valence-electron chi connectivity index (χ0n) is 18.1. The maximum Gasteiger partial charge on any atom is 0.326 e. The van der Waals surface area contributed by atoms with Crippen molar-refractivity contribution in [3.8, 4) is 0 Å². The van der Waals surface area contributed by atoms with Gasteiger partial charge in [0.15, 0.2) is 5.43 Å². The van der Waals surface area contributed by atoms with E-state index in [1.165, 1.54) is 6.07 Å². The number of nitrogens with one attached hydrogen (secondary N) is 2. The minimum atomic E-state index is -1.12. The molecule has 3 rings (SSSR count). The van der Waals surface area contributed by atoms with E-state index in [1.54, 1.807) is 38.2 Å². The number of carbonyl (C=O) groups is 2. The van der Waals surface area contributed by atoms with E-state index in [0.29, 0.717) is 35.3 Å². The van der Waals surface area contributed by atoms with Gasteiger partial charge in [-0.3, -0.25) is 9.59 Å². The lowest BCUT2D eigenvalue weighted by atomic mass is 10.0. The van der Waals surface area contributed by atoms with Gasteiger partial charge in [0.1, 0.15) is 23.2 Å². The first-order valence-corrected chi connectivity index (χ1v) is 10.6. The third kappa shape index (κ3) is 6.16. The molecule has 0 bridgehead atoms. The normalized spacial score (nSPS) is 12.0. The summed E-state index contributed by atoms with van der Waals surface area (Å²) in [5.74, 6) is -0.395. The topological polar surface area (TPSA) is 122 Å². The summed E-state index contributed by atoms with van der Waals surface area (Å²) < 4.78 is 5.87. The van der Waals surface area contributed by atoms with E-state index in [4.69, 9.17) is 4.42 Å². The Labute approximate surface area is 185 Å². The van der Waals surface area contributed by atoms with Crippen LogP contribution >= 0.6 is 0 Å². The molecule has 0 saturated carbocycles. The van der Waals surface area contributed by atoms with Gasteiger partial charge >= 0.3 is 5.97 Å². The maximum atomic E-state index is 12.6. The summed E-state index contributed by atoms with van der Waals surface area (Å²) in [6.07, 6.45) is 3.15. The lowest BCUT2D eigenvalue weighted by Gasteiger charge is -2.16. The number of fused-ring (bicyclic) bond motifs is 1. The molecule has 32 heavy (non-hydrogen) atoms.